The van der Waals surface area contributed by atoms with Gasteiger partial charge in [-0.05, 0) is 24.6 Å². The number of hydrogen-bond acceptors (Lipinski definition) is 4. The van der Waals surface area contributed by atoms with Crippen LogP contribution < -0.4 is 10.6 Å². The summed E-state index contributed by atoms with van der Waals surface area (Å²) < 4.78 is 1.74. The summed E-state index contributed by atoms with van der Waals surface area (Å²) in [5, 5.41) is 10.3. The smallest absolute Gasteiger partial charge is 0.243 e. The maximum atomic E-state index is 12.8. The summed E-state index contributed by atoms with van der Waals surface area (Å²) in [4.78, 5) is 26.6. The van der Waals surface area contributed by atoms with Crippen molar-refractivity contribution in [3.63, 3.8) is 0 Å². The highest BCUT2D eigenvalue weighted by Crippen LogP contribution is 2.29. The van der Waals surface area contributed by atoms with Crippen LogP contribution >= 0.6 is 12.4 Å². The quantitative estimate of drug-likeness (QED) is 0.810. The highest BCUT2D eigenvalue weighted by molar-refractivity contribution is 5.95. The monoisotopic (exact) mass is 391 g/mol. The summed E-state index contributed by atoms with van der Waals surface area (Å²) in [6, 6.07) is 7.59. The van der Waals surface area contributed by atoms with Crippen LogP contribution in [0.1, 0.15) is 17.0 Å². The van der Waals surface area contributed by atoms with E-state index in [-0.39, 0.29) is 42.6 Å². The number of anilines is 1. The minimum absolute atomic E-state index is 0. The van der Waals surface area contributed by atoms with Crippen molar-refractivity contribution in [2.45, 2.75) is 12.8 Å². The van der Waals surface area contributed by atoms with Crippen LogP contribution in [0.5, 0.6) is 0 Å². The fraction of sp³-hybridized carbons (Fsp3) is 0.421. The molecule has 1 fully saturated rings. The number of carbonyl (C=O) groups excluding carboxylic acids is 2. The van der Waals surface area contributed by atoms with Gasteiger partial charge in [-0.15, -0.1) is 12.4 Å². The highest BCUT2D eigenvalue weighted by Gasteiger charge is 2.36. The Bertz CT molecular complexity index is 790. The predicted octanol–water partition coefficient (Wildman–Crippen LogP) is 1.55. The summed E-state index contributed by atoms with van der Waals surface area (Å²) in [5.41, 5.74) is 2.91. The first-order chi connectivity index (χ1) is 12.4. The van der Waals surface area contributed by atoms with Crippen molar-refractivity contribution in [2.75, 3.05) is 32.0 Å². The average Bonchev–Trinajstić information content (AvgIpc) is 3.24. The second-order valence-electron chi connectivity index (χ2n) is 6.93. The van der Waals surface area contributed by atoms with Gasteiger partial charge in [0, 0.05) is 45.0 Å². The van der Waals surface area contributed by atoms with Crippen LogP contribution in [0.15, 0.2) is 36.7 Å². The van der Waals surface area contributed by atoms with E-state index in [0.717, 1.165) is 23.4 Å². The molecule has 0 spiro atoms. The summed E-state index contributed by atoms with van der Waals surface area (Å²) in [6.07, 6.45) is 3.75. The molecule has 8 heteroatoms. The summed E-state index contributed by atoms with van der Waals surface area (Å²) in [7, 11) is 3.54. The number of halogens is 1. The molecule has 27 heavy (non-hydrogen) atoms. The third-order valence-corrected chi connectivity index (χ3v) is 4.78. The van der Waals surface area contributed by atoms with Gasteiger partial charge in [-0.3, -0.25) is 14.3 Å². The van der Waals surface area contributed by atoms with Crippen LogP contribution in [0.3, 0.4) is 0 Å². The Hall–Kier alpha value is -2.38. The van der Waals surface area contributed by atoms with E-state index in [1.807, 2.05) is 50.6 Å². The van der Waals surface area contributed by atoms with E-state index >= 15 is 0 Å². The lowest BCUT2D eigenvalue weighted by Gasteiger charge is -2.23. The number of aromatic nitrogens is 2. The molecule has 0 aliphatic carbocycles. The number of likely N-dealkylation sites (N-methyl/N-ethyl adjacent to an activating group) is 1. The van der Waals surface area contributed by atoms with Crippen LogP contribution in [0.25, 0.3) is 0 Å². The van der Waals surface area contributed by atoms with Crippen LogP contribution in [0.4, 0.5) is 5.69 Å². The van der Waals surface area contributed by atoms with E-state index in [0.29, 0.717) is 6.54 Å². The molecule has 0 radical (unpaired) electrons. The van der Waals surface area contributed by atoms with Gasteiger partial charge in [0.15, 0.2) is 0 Å². The molecule has 1 aliphatic heterocycles. The molecule has 0 bridgehead atoms. The van der Waals surface area contributed by atoms with Gasteiger partial charge in [-0.2, -0.15) is 5.10 Å². The zero-order valence-corrected chi connectivity index (χ0v) is 16.6. The van der Waals surface area contributed by atoms with Crippen LogP contribution in [0.2, 0.25) is 0 Å². The number of amides is 2. The topological polar surface area (TPSA) is 79.3 Å². The molecule has 0 saturated carbocycles. The van der Waals surface area contributed by atoms with E-state index in [4.69, 9.17) is 0 Å². The van der Waals surface area contributed by atoms with E-state index < -0.39 is 0 Å². The lowest BCUT2D eigenvalue weighted by atomic mass is 9.90. The molecule has 1 aromatic heterocycles. The van der Waals surface area contributed by atoms with E-state index in [1.165, 1.54) is 4.90 Å². The van der Waals surface area contributed by atoms with Crippen molar-refractivity contribution in [1.29, 1.82) is 0 Å². The van der Waals surface area contributed by atoms with Crippen molar-refractivity contribution < 1.29 is 9.59 Å². The summed E-state index contributed by atoms with van der Waals surface area (Å²) in [6.45, 7) is 3.38. The first-order valence-corrected chi connectivity index (χ1v) is 8.75. The minimum Gasteiger partial charge on any atom is -0.336 e. The zero-order valence-electron chi connectivity index (χ0n) is 15.8. The maximum absolute atomic E-state index is 12.8. The molecule has 2 atom stereocenters. The number of aryl methyl sites for hydroxylation is 2. The van der Waals surface area contributed by atoms with Gasteiger partial charge >= 0.3 is 0 Å². The number of hydrogen-bond donors (Lipinski definition) is 2. The second kappa shape index (κ2) is 9.01. The van der Waals surface area contributed by atoms with Crippen molar-refractivity contribution in [3.05, 3.63) is 47.8 Å². The molecular formula is C19H26ClN5O2. The largest absolute Gasteiger partial charge is 0.336 e. The van der Waals surface area contributed by atoms with Crippen molar-refractivity contribution in [3.8, 4) is 0 Å². The first kappa shape index (κ1) is 20.9. The Kier molecular flexibility index (Phi) is 6.98. The maximum Gasteiger partial charge on any atom is 0.243 e. The Morgan fingerprint density at radius 2 is 2.00 bits per heavy atom. The van der Waals surface area contributed by atoms with Crippen LogP contribution in [-0.4, -0.2) is 53.2 Å². The average molecular weight is 392 g/mol. The van der Waals surface area contributed by atoms with Gasteiger partial charge in [0.1, 0.15) is 0 Å². The third kappa shape index (κ3) is 5.08. The van der Waals surface area contributed by atoms with Crippen molar-refractivity contribution >= 4 is 29.9 Å². The number of rotatable bonds is 5. The van der Waals surface area contributed by atoms with E-state index in [1.54, 1.807) is 11.7 Å². The molecule has 2 amide bonds. The zero-order chi connectivity index (χ0) is 18.7. The molecule has 2 aromatic rings. The molecule has 1 saturated heterocycles. The fourth-order valence-electron chi connectivity index (χ4n) is 3.33. The molecule has 0 unspecified atom stereocenters. The van der Waals surface area contributed by atoms with Gasteiger partial charge < -0.3 is 15.5 Å². The van der Waals surface area contributed by atoms with Gasteiger partial charge in [0.25, 0.3) is 0 Å². The van der Waals surface area contributed by atoms with E-state index in [2.05, 4.69) is 15.7 Å². The molecule has 146 valence electrons. The first-order valence-electron chi connectivity index (χ1n) is 8.75. The SMILES string of the molecule is Cc1ccc(NC(=O)CN(C)C(=O)[C@H]2CNC[C@@H]2c2cnn(C)c2)cc1.Cl. The number of carbonyl (C=O) groups is 2. The molecule has 2 heterocycles. The standard InChI is InChI=1S/C19H25N5O2.ClH/c1-13-4-6-15(7-5-13)22-18(25)12-23(2)19(26)17-10-20-9-16(17)14-8-21-24(3)11-14;/h4-8,11,16-17,20H,9-10,12H2,1-3H3,(H,22,25);1H/t16-,17+;/m1./s1. The van der Waals surface area contributed by atoms with Gasteiger partial charge in [-0.25, -0.2) is 0 Å². The number of nitrogens with one attached hydrogen (secondary N) is 2. The normalized spacial score (nSPS) is 18.6. The van der Waals surface area contributed by atoms with Gasteiger partial charge in [-0.1, -0.05) is 17.7 Å². The Labute approximate surface area is 165 Å². The molecular weight excluding hydrogens is 366 g/mol. The second-order valence-corrected chi connectivity index (χ2v) is 6.93. The van der Waals surface area contributed by atoms with Gasteiger partial charge in [0.05, 0.1) is 18.7 Å². The fourth-order valence-corrected chi connectivity index (χ4v) is 3.33. The van der Waals surface area contributed by atoms with Crippen LogP contribution in [0, 0.1) is 12.8 Å². The minimum atomic E-state index is -0.200. The number of nitrogens with zero attached hydrogens (tertiary/aromatic N) is 3. The third-order valence-electron chi connectivity index (χ3n) is 4.78. The molecule has 1 aromatic carbocycles. The summed E-state index contributed by atoms with van der Waals surface area (Å²) in [5.74, 6) is -0.327. The summed E-state index contributed by atoms with van der Waals surface area (Å²) >= 11 is 0. The van der Waals surface area contributed by atoms with Crippen molar-refractivity contribution in [1.82, 2.24) is 20.0 Å². The Balaban J connectivity index is 0.00000261. The highest BCUT2D eigenvalue weighted by atomic mass is 35.5. The lowest BCUT2D eigenvalue weighted by molar-refractivity contribution is -0.136. The Morgan fingerprint density at radius 3 is 2.63 bits per heavy atom. The molecule has 1 aliphatic rings. The number of benzene rings is 1. The molecule has 2 N–H and O–H groups in total. The van der Waals surface area contributed by atoms with Gasteiger partial charge in [0.2, 0.25) is 11.8 Å². The molecule has 3 rings (SSSR count). The predicted molar refractivity (Wildman–Crippen MR) is 107 cm³/mol. The van der Waals surface area contributed by atoms with Crippen LogP contribution in [-0.2, 0) is 16.6 Å². The Morgan fingerprint density at radius 1 is 1.30 bits per heavy atom. The lowest BCUT2D eigenvalue weighted by Crippen LogP contribution is -2.40. The van der Waals surface area contributed by atoms with Crippen molar-refractivity contribution in [2.24, 2.45) is 13.0 Å². The molecule has 7 nitrogen and oxygen atoms in total. The van der Waals surface area contributed by atoms with E-state index in [9.17, 15) is 9.59 Å².